The first kappa shape index (κ1) is 18.1. The average Bonchev–Trinajstić information content (AvgIpc) is 2.66. The molecule has 2 heterocycles. The van der Waals surface area contributed by atoms with E-state index in [1.54, 1.807) is 0 Å². The van der Waals surface area contributed by atoms with Gasteiger partial charge in [-0.15, -0.1) is 0 Å². The summed E-state index contributed by atoms with van der Waals surface area (Å²) in [6, 6.07) is 12.0. The Balaban J connectivity index is 2.04. The number of nitrogens with two attached hydrogens (primary N) is 1. The van der Waals surface area contributed by atoms with Crippen LogP contribution in [0.3, 0.4) is 0 Å². The molecule has 1 aromatic carbocycles. The van der Waals surface area contributed by atoms with Crippen LogP contribution in [0.5, 0.6) is 5.88 Å². The van der Waals surface area contributed by atoms with Crippen LogP contribution in [0.15, 0.2) is 41.6 Å². The second kappa shape index (κ2) is 6.38. The van der Waals surface area contributed by atoms with E-state index in [0.29, 0.717) is 29.7 Å². The molecule has 0 fully saturated rings. The molecule has 2 aromatic rings. The zero-order valence-corrected chi connectivity index (χ0v) is 16.2. The number of rotatable bonds is 2. The van der Waals surface area contributed by atoms with Gasteiger partial charge in [-0.2, -0.15) is 10.2 Å². The molecule has 0 amide bonds. The first-order valence-corrected chi connectivity index (χ1v) is 9.22. The number of Topliss-reactive ketones (excluding diaryl/α,β-unsaturated/α-hetero) is 1. The molecule has 2 aliphatic rings. The summed E-state index contributed by atoms with van der Waals surface area (Å²) in [7, 11) is 1.46. The van der Waals surface area contributed by atoms with Crippen molar-refractivity contribution in [2.45, 2.75) is 32.6 Å². The summed E-state index contributed by atoms with van der Waals surface area (Å²) in [6.07, 6.45) is 1.19. The van der Waals surface area contributed by atoms with Gasteiger partial charge < -0.3 is 15.8 Å². The number of benzene rings is 1. The maximum atomic E-state index is 13.2. The number of nitrogen functional groups attached to an aromatic ring is 1. The first-order valence-electron chi connectivity index (χ1n) is 9.22. The number of fused-ring (bicyclic) bond motifs is 1. The van der Waals surface area contributed by atoms with Crippen molar-refractivity contribution >= 4 is 17.3 Å². The van der Waals surface area contributed by atoms with Gasteiger partial charge in [-0.25, -0.2) is 0 Å². The fourth-order valence-corrected chi connectivity index (χ4v) is 4.32. The van der Waals surface area contributed by atoms with E-state index in [-0.39, 0.29) is 28.8 Å². The highest BCUT2D eigenvalue weighted by atomic mass is 16.5. The van der Waals surface area contributed by atoms with Crippen LogP contribution in [0, 0.1) is 16.7 Å². The fraction of sp³-hybridized carbons (Fsp3) is 0.318. The van der Waals surface area contributed by atoms with Gasteiger partial charge in [0.25, 0.3) is 0 Å². The molecule has 1 aliphatic heterocycles. The molecule has 1 aliphatic carbocycles. The lowest BCUT2D eigenvalue weighted by atomic mass is 9.68. The third kappa shape index (κ3) is 2.71. The monoisotopic (exact) mass is 374 g/mol. The molecule has 0 saturated heterocycles. The minimum Gasteiger partial charge on any atom is -0.480 e. The molecule has 3 N–H and O–H groups in total. The Morgan fingerprint density at radius 1 is 1.29 bits per heavy atom. The Morgan fingerprint density at radius 2 is 2.00 bits per heavy atom. The molecular weight excluding hydrogens is 352 g/mol. The SMILES string of the molecule is COc1nc(N)c2c(c1C#N)NC1=C(C(=O)CC(C)(C)C1)C2c1ccccc1. The van der Waals surface area contributed by atoms with Gasteiger partial charge in [-0.3, -0.25) is 4.79 Å². The number of carbonyl (C=O) groups excluding carboxylic acids is 1. The molecular formula is C22H22N4O2. The summed E-state index contributed by atoms with van der Waals surface area (Å²) in [5.41, 5.74) is 10.2. The second-order valence-corrected chi connectivity index (χ2v) is 8.08. The van der Waals surface area contributed by atoms with Gasteiger partial charge in [0.05, 0.1) is 12.8 Å². The van der Waals surface area contributed by atoms with Crippen molar-refractivity contribution in [3.8, 4) is 11.9 Å². The summed E-state index contributed by atoms with van der Waals surface area (Å²) in [5.74, 6) is 0.188. The minimum absolute atomic E-state index is 0.104. The quantitative estimate of drug-likeness (QED) is 0.830. The number of carbonyl (C=O) groups is 1. The Kier molecular flexibility index (Phi) is 4.11. The van der Waals surface area contributed by atoms with E-state index in [4.69, 9.17) is 10.5 Å². The number of ether oxygens (including phenoxy) is 1. The minimum atomic E-state index is -0.360. The third-order valence-corrected chi connectivity index (χ3v) is 5.44. The second-order valence-electron chi connectivity index (χ2n) is 8.08. The van der Waals surface area contributed by atoms with E-state index in [9.17, 15) is 10.1 Å². The largest absolute Gasteiger partial charge is 0.480 e. The normalized spacial score (nSPS) is 19.9. The maximum absolute atomic E-state index is 13.2. The van der Waals surface area contributed by atoms with Crippen LogP contribution in [-0.4, -0.2) is 17.9 Å². The molecule has 1 aromatic heterocycles. The predicted molar refractivity (Wildman–Crippen MR) is 107 cm³/mol. The first-order chi connectivity index (χ1) is 13.4. The molecule has 0 radical (unpaired) electrons. The van der Waals surface area contributed by atoms with Gasteiger partial charge in [0.2, 0.25) is 5.88 Å². The number of nitriles is 1. The van der Waals surface area contributed by atoms with Crippen molar-refractivity contribution in [3.63, 3.8) is 0 Å². The maximum Gasteiger partial charge on any atom is 0.235 e. The lowest BCUT2D eigenvalue weighted by molar-refractivity contribution is -0.118. The molecule has 6 nitrogen and oxygen atoms in total. The topological polar surface area (TPSA) is 101 Å². The van der Waals surface area contributed by atoms with Crippen molar-refractivity contribution in [2.75, 3.05) is 18.2 Å². The molecule has 0 spiro atoms. The van der Waals surface area contributed by atoms with Gasteiger partial charge >= 0.3 is 0 Å². The lowest BCUT2D eigenvalue weighted by Crippen LogP contribution is -2.34. The fourth-order valence-electron chi connectivity index (χ4n) is 4.32. The zero-order valence-electron chi connectivity index (χ0n) is 16.2. The highest BCUT2D eigenvalue weighted by Gasteiger charge is 2.42. The van der Waals surface area contributed by atoms with Crippen LogP contribution in [0.4, 0.5) is 11.5 Å². The summed E-state index contributed by atoms with van der Waals surface area (Å²) in [5, 5.41) is 13.1. The Labute approximate surface area is 164 Å². The van der Waals surface area contributed by atoms with Crippen molar-refractivity contribution in [1.82, 2.24) is 4.98 Å². The number of hydrogen-bond acceptors (Lipinski definition) is 6. The van der Waals surface area contributed by atoms with Crippen LogP contribution in [0.2, 0.25) is 0 Å². The number of ketones is 1. The highest BCUT2D eigenvalue weighted by Crippen LogP contribution is 2.51. The van der Waals surface area contributed by atoms with Crippen LogP contribution in [-0.2, 0) is 4.79 Å². The molecule has 4 rings (SSSR count). The molecule has 0 bridgehead atoms. The van der Waals surface area contributed by atoms with Crippen LogP contribution in [0.1, 0.15) is 49.3 Å². The van der Waals surface area contributed by atoms with Crippen LogP contribution < -0.4 is 15.8 Å². The molecule has 28 heavy (non-hydrogen) atoms. The Morgan fingerprint density at radius 3 is 2.64 bits per heavy atom. The number of nitrogens with zero attached hydrogens (tertiary/aromatic N) is 2. The summed E-state index contributed by atoms with van der Waals surface area (Å²) >= 11 is 0. The molecule has 6 heteroatoms. The highest BCUT2D eigenvalue weighted by molar-refractivity contribution is 6.02. The van der Waals surface area contributed by atoms with Crippen molar-refractivity contribution in [3.05, 3.63) is 58.3 Å². The van der Waals surface area contributed by atoms with Crippen molar-refractivity contribution < 1.29 is 9.53 Å². The molecule has 0 saturated carbocycles. The number of methoxy groups -OCH3 is 1. The van der Waals surface area contributed by atoms with E-state index in [0.717, 1.165) is 16.8 Å². The Hall–Kier alpha value is -3.33. The standard InChI is InChI=1S/C22H22N4O2/c1-22(2)9-14-17(15(27)10-22)16(12-7-5-4-6-8-12)18-19(25-14)13(11-23)21(28-3)26-20(18)24/h4-8,16,25H,9-10H2,1-3H3,(H2,24,26). The van der Waals surface area contributed by atoms with Crippen molar-refractivity contribution in [1.29, 1.82) is 5.26 Å². The smallest absolute Gasteiger partial charge is 0.235 e. The number of aromatic nitrogens is 1. The zero-order chi connectivity index (χ0) is 20.1. The number of allylic oxidation sites excluding steroid dienone is 2. The van der Waals surface area contributed by atoms with Gasteiger partial charge in [0, 0.05) is 29.2 Å². The van der Waals surface area contributed by atoms with Crippen LogP contribution in [0.25, 0.3) is 0 Å². The van der Waals surface area contributed by atoms with E-state index in [2.05, 4.69) is 30.2 Å². The van der Waals surface area contributed by atoms with E-state index < -0.39 is 0 Å². The average molecular weight is 374 g/mol. The Bertz CT molecular complexity index is 1050. The predicted octanol–water partition coefficient (Wildman–Crippen LogP) is 3.74. The van der Waals surface area contributed by atoms with E-state index in [1.165, 1.54) is 7.11 Å². The molecule has 1 unspecified atom stereocenters. The third-order valence-electron chi connectivity index (χ3n) is 5.44. The summed E-state index contributed by atoms with van der Waals surface area (Å²) in [6.45, 7) is 4.16. The number of pyridine rings is 1. The van der Waals surface area contributed by atoms with Gasteiger partial charge in [-0.1, -0.05) is 44.2 Å². The van der Waals surface area contributed by atoms with Gasteiger partial charge in [0.15, 0.2) is 5.78 Å². The van der Waals surface area contributed by atoms with E-state index >= 15 is 0 Å². The van der Waals surface area contributed by atoms with Crippen molar-refractivity contribution in [2.24, 2.45) is 5.41 Å². The van der Waals surface area contributed by atoms with Gasteiger partial charge in [0.1, 0.15) is 17.5 Å². The van der Waals surface area contributed by atoms with Crippen LogP contribution >= 0.6 is 0 Å². The van der Waals surface area contributed by atoms with Gasteiger partial charge in [-0.05, 0) is 17.4 Å². The molecule has 1 atom stereocenters. The number of hydrogen-bond donors (Lipinski definition) is 2. The number of anilines is 2. The number of nitrogens with one attached hydrogen (secondary N) is 1. The lowest BCUT2D eigenvalue weighted by Gasteiger charge is -2.40. The summed E-state index contributed by atoms with van der Waals surface area (Å²) < 4.78 is 5.29. The molecule has 142 valence electrons. The van der Waals surface area contributed by atoms with E-state index in [1.807, 2.05) is 30.3 Å². The summed E-state index contributed by atoms with van der Waals surface area (Å²) in [4.78, 5) is 17.5.